The van der Waals surface area contributed by atoms with Gasteiger partial charge in [0, 0.05) is 18.3 Å². The minimum atomic E-state index is 0.0767. The monoisotopic (exact) mass is 378 g/mol. The van der Waals surface area contributed by atoms with Gasteiger partial charge in [-0.05, 0) is 92.8 Å². The third kappa shape index (κ3) is 1.88. The molecule has 0 aromatic heterocycles. The zero-order valence-corrected chi connectivity index (χ0v) is 17.3. The lowest BCUT2D eigenvalue weighted by atomic mass is 9.47. The van der Waals surface area contributed by atoms with Gasteiger partial charge in [0.15, 0.2) is 0 Å². The summed E-state index contributed by atoms with van der Waals surface area (Å²) in [6.45, 7) is 3.31. The maximum atomic E-state index is 12.2. The Morgan fingerprint density at radius 2 is 2.07 bits per heavy atom. The van der Waals surface area contributed by atoms with Gasteiger partial charge < -0.3 is 4.74 Å². The van der Waals surface area contributed by atoms with Crippen LogP contribution in [0.3, 0.4) is 0 Å². The molecule has 1 heterocycles. The van der Waals surface area contributed by atoms with E-state index < -0.39 is 0 Å². The number of ether oxygens (including phenoxy) is 1. The molecular formula is C26H34O2. The molecule has 7 rings (SSSR count). The quantitative estimate of drug-likeness (QED) is 0.595. The van der Waals surface area contributed by atoms with Crippen molar-refractivity contribution < 1.29 is 9.53 Å². The zero-order chi connectivity index (χ0) is 18.7. The van der Waals surface area contributed by atoms with Gasteiger partial charge in [-0.1, -0.05) is 30.2 Å². The van der Waals surface area contributed by atoms with Crippen LogP contribution in [0.1, 0.15) is 71.1 Å². The van der Waals surface area contributed by atoms with Gasteiger partial charge >= 0.3 is 0 Å². The van der Waals surface area contributed by atoms with E-state index in [0.29, 0.717) is 11.2 Å². The van der Waals surface area contributed by atoms with E-state index in [4.69, 9.17) is 4.74 Å². The van der Waals surface area contributed by atoms with Crippen molar-refractivity contribution in [2.24, 2.45) is 46.8 Å². The summed E-state index contributed by atoms with van der Waals surface area (Å²) in [7, 11) is 0. The molecule has 4 fully saturated rings. The van der Waals surface area contributed by atoms with Crippen molar-refractivity contribution in [2.75, 3.05) is 6.61 Å². The van der Waals surface area contributed by atoms with E-state index in [1.165, 1.54) is 44.9 Å². The molecule has 0 amide bonds. The van der Waals surface area contributed by atoms with Crippen LogP contribution in [0.15, 0.2) is 23.3 Å². The van der Waals surface area contributed by atoms with E-state index in [9.17, 15) is 4.79 Å². The molecule has 0 N–H and O–H groups in total. The number of carbonyl (C=O) groups is 1. The molecule has 0 aromatic carbocycles. The predicted octanol–water partition coefficient (Wildman–Crippen LogP) is 5.48. The van der Waals surface area contributed by atoms with Gasteiger partial charge in [0.1, 0.15) is 5.78 Å². The minimum absolute atomic E-state index is 0.0767. The molecule has 7 aliphatic rings. The maximum absolute atomic E-state index is 12.2. The van der Waals surface area contributed by atoms with Crippen molar-refractivity contribution in [1.29, 1.82) is 0 Å². The van der Waals surface area contributed by atoms with Crippen LogP contribution in [-0.2, 0) is 9.53 Å². The highest BCUT2D eigenvalue weighted by Gasteiger charge is 2.78. The number of hydrogen-bond acceptors (Lipinski definition) is 2. The lowest BCUT2D eigenvalue weighted by Crippen LogP contribution is -2.56. The lowest BCUT2D eigenvalue weighted by molar-refractivity contribution is -0.142. The smallest absolute Gasteiger partial charge is 0.137 e. The second-order valence-electron chi connectivity index (χ2n) is 11.3. The Balaban J connectivity index is 1.35. The summed E-state index contributed by atoms with van der Waals surface area (Å²) in [5, 5.41) is 0. The van der Waals surface area contributed by atoms with E-state index in [-0.39, 0.29) is 5.60 Å². The molecule has 6 aliphatic carbocycles. The first-order chi connectivity index (χ1) is 13.7. The van der Waals surface area contributed by atoms with Gasteiger partial charge in [-0.25, -0.2) is 0 Å². The maximum Gasteiger partial charge on any atom is 0.137 e. The van der Waals surface area contributed by atoms with Gasteiger partial charge in [0.25, 0.3) is 0 Å². The average Bonchev–Trinajstić information content (AvgIpc) is 3.64. The van der Waals surface area contributed by atoms with E-state index in [1.54, 1.807) is 11.1 Å². The van der Waals surface area contributed by atoms with E-state index in [2.05, 4.69) is 19.1 Å². The SMILES string of the molecule is CC[C@]12CCC3C4=C(CC(=O)CC4)CC(C4CC4)C3C1C1CC1[C@@]21C=CCO1. The number of fused-ring (bicyclic) bond motifs is 8. The molecule has 4 saturated carbocycles. The number of Topliss-reactive ketones (excluding diaryl/α,β-unsaturated/α-hetero) is 1. The molecule has 0 radical (unpaired) electrons. The largest absolute Gasteiger partial charge is 0.366 e. The van der Waals surface area contributed by atoms with Crippen LogP contribution >= 0.6 is 0 Å². The molecule has 2 nitrogen and oxygen atoms in total. The van der Waals surface area contributed by atoms with Gasteiger partial charge in [0.2, 0.25) is 0 Å². The highest BCUT2D eigenvalue weighted by atomic mass is 16.5. The molecule has 8 atom stereocenters. The Bertz CT molecular complexity index is 803. The molecule has 2 heteroatoms. The Labute approximate surface area is 169 Å². The van der Waals surface area contributed by atoms with Crippen LogP contribution in [0, 0.1) is 46.8 Å². The summed E-state index contributed by atoms with van der Waals surface area (Å²) < 4.78 is 6.66. The van der Waals surface area contributed by atoms with E-state index >= 15 is 0 Å². The van der Waals surface area contributed by atoms with Crippen molar-refractivity contribution in [1.82, 2.24) is 0 Å². The first-order valence-electron chi connectivity index (χ1n) is 12.2. The summed E-state index contributed by atoms with van der Waals surface area (Å²) in [4.78, 5) is 12.2. The summed E-state index contributed by atoms with van der Waals surface area (Å²) in [5.41, 5.74) is 3.85. The lowest BCUT2D eigenvalue weighted by Gasteiger charge is -2.59. The topological polar surface area (TPSA) is 26.3 Å². The van der Waals surface area contributed by atoms with Gasteiger partial charge in [-0.2, -0.15) is 0 Å². The van der Waals surface area contributed by atoms with Crippen molar-refractivity contribution in [2.45, 2.75) is 76.7 Å². The summed E-state index contributed by atoms with van der Waals surface area (Å²) in [5.74, 6) is 6.63. The van der Waals surface area contributed by atoms with Crippen LogP contribution in [0.4, 0.5) is 0 Å². The Kier molecular flexibility index (Phi) is 3.26. The fourth-order valence-corrected chi connectivity index (χ4v) is 9.64. The second kappa shape index (κ2) is 5.42. The fraction of sp³-hybridized carbons (Fsp3) is 0.808. The first-order valence-corrected chi connectivity index (χ1v) is 12.2. The fourth-order valence-electron chi connectivity index (χ4n) is 9.64. The standard InChI is InChI=1S/C26H34O2/c1-2-25-10-8-19-18-7-6-17(27)12-16(18)13-20(15-4-5-15)23(19)24(25)21-14-22(21)26(25)9-3-11-28-26/h3,9,15,19-24H,2,4-8,10-14H2,1H3/t19?,20?,21?,22?,23?,24?,25-,26-/m0/s1. The Morgan fingerprint density at radius 1 is 1.18 bits per heavy atom. The normalized spacial score (nSPS) is 53.8. The number of allylic oxidation sites excluding steroid dienone is 2. The van der Waals surface area contributed by atoms with Gasteiger partial charge in [-0.3, -0.25) is 4.79 Å². The molecule has 1 aliphatic heterocycles. The highest BCUT2D eigenvalue weighted by molar-refractivity contribution is 5.82. The third-order valence-corrected chi connectivity index (χ3v) is 10.7. The van der Waals surface area contributed by atoms with Crippen molar-refractivity contribution in [3.05, 3.63) is 23.3 Å². The highest BCUT2D eigenvalue weighted by Crippen LogP contribution is 2.79. The number of ketones is 1. The average molecular weight is 379 g/mol. The number of rotatable bonds is 2. The molecule has 0 aromatic rings. The molecule has 1 spiro atoms. The number of hydrogen-bond donors (Lipinski definition) is 0. The first kappa shape index (κ1) is 16.9. The summed E-state index contributed by atoms with van der Waals surface area (Å²) in [6, 6.07) is 0. The molecule has 150 valence electrons. The Morgan fingerprint density at radius 3 is 2.82 bits per heavy atom. The van der Waals surface area contributed by atoms with Gasteiger partial charge in [0.05, 0.1) is 12.2 Å². The molecule has 0 saturated heterocycles. The third-order valence-electron chi connectivity index (χ3n) is 10.7. The summed E-state index contributed by atoms with van der Waals surface area (Å²) in [6.07, 6.45) is 17.2. The zero-order valence-electron chi connectivity index (χ0n) is 17.3. The van der Waals surface area contributed by atoms with Crippen molar-refractivity contribution in [3.8, 4) is 0 Å². The molecule has 0 bridgehead atoms. The summed E-state index contributed by atoms with van der Waals surface area (Å²) >= 11 is 0. The minimum Gasteiger partial charge on any atom is -0.366 e. The Hall–Kier alpha value is -0.890. The molecular weight excluding hydrogens is 344 g/mol. The molecule has 6 unspecified atom stereocenters. The van der Waals surface area contributed by atoms with Crippen LogP contribution in [-0.4, -0.2) is 18.0 Å². The van der Waals surface area contributed by atoms with E-state index in [0.717, 1.165) is 67.3 Å². The van der Waals surface area contributed by atoms with E-state index in [1.807, 2.05) is 0 Å². The van der Waals surface area contributed by atoms with Crippen LogP contribution in [0.25, 0.3) is 0 Å². The van der Waals surface area contributed by atoms with Crippen LogP contribution < -0.4 is 0 Å². The van der Waals surface area contributed by atoms with Crippen LogP contribution in [0.5, 0.6) is 0 Å². The van der Waals surface area contributed by atoms with Gasteiger partial charge in [-0.15, -0.1) is 0 Å². The van der Waals surface area contributed by atoms with Crippen molar-refractivity contribution >= 4 is 5.78 Å². The van der Waals surface area contributed by atoms with Crippen LogP contribution in [0.2, 0.25) is 0 Å². The second-order valence-corrected chi connectivity index (χ2v) is 11.3. The molecule has 28 heavy (non-hydrogen) atoms. The van der Waals surface area contributed by atoms with Crippen molar-refractivity contribution in [3.63, 3.8) is 0 Å². The number of carbonyl (C=O) groups excluding carboxylic acids is 1. The predicted molar refractivity (Wildman–Crippen MR) is 109 cm³/mol.